The second kappa shape index (κ2) is 10.8. The quantitative estimate of drug-likeness (QED) is 0.407. The van der Waals surface area contributed by atoms with Crippen molar-refractivity contribution in [3.05, 3.63) is 70.7 Å². The first-order chi connectivity index (χ1) is 17.5. The van der Waals surface area contributed by atoms with Gasteiger partial charge in [0.15, 0.2) is 5.82 Å². The van der Waals surface area contributed by atoms with E-state index in [1.54, 1.807) is 32.2 Å². The van der Waals surface area contributed by atoms with Gasteiger partial charge in [0, 0.05) is 54.3 Å². The number of carboxylic acid groups (broad SMARTS) is 1. The van der Waals surface area contributed by atoms with Crippen molar-refractivity contribution in [2.75, 3.05) is 24.6 Å². The van der Waals surface area contributed by atoms with Gasteiger partial charge in [-0.25, -0.2) is 13.8 Å². The third kappa shape index (κ3) is 6.24. The Balaban J connectivity index is 1.60. The van der Waals surface area contributed by atoms with Crippen molar-refractivity contribution >= 4 is 11.7 Å². The summed E-state index contributed by atoms with van der Waals surface area (Å²) in [6.07, 6.45) is 5.46. The molecular weight excluding hydrogens is 476 g/mol. The van der Waals surface area contributed by atoms with Crippen LogP contribution in [0.5, 0.6) is 5.88 Å². The predicted molar refractivity (Wildman–Crippen MR) is 139 cm³/mol. The van der Waals surface area contributed by atoms with E-state index in [1.807, 2.05) is 0 Å². The average Bonchev–Trinajstić information content (AvgIpc) is 2.83. The summed E-state index contributed by atoms with van der Waals surface area (Å²) in [5.74, 6) is -1.93. The minimum Gasteiger partial charge on any atom is -0.481 e. The first kappa shape index (κ1) is 26.5. The van der Waals surface area contributed by atoms with E-state index >= 15 is 4.39 Å². The monoisotopic (exact) mass is 509 g/mol. The summed E-state index contributed by atoms with van der Waals surface area (Å²) in [7, 11) is 0. The number of halogens is 2. The van der Waals surface area contributed by atoms with Crippen molar-refractivity contribution in [1.82, 2.24) is 9.97 Å². The van der Waals surface area contributed by atoms with Crippen molar-refractivity contribution in [3.63, 3.8) is 0 Å². The van der Waals surface area contributed by atoms with Crippen LogP contribution < -0.4 is 9.64 Å². The van der Waals surface area contributed by atoms with Crippen LogP contribution in [0, 0.1) is 30.9 Å². The summed E-state index contributed by atoms with van der Waals surface area (Å²) in [6.45, 7) is 9.70. The lowest BCUT2D eigenvalue weighted by Gasteiger charge is -2.40. The Labute approximate surface area is 216 Å². The van der Waals surface area contributed by atoms with Crippen LogP contribution in [0.25, 0.3) is 11.1 Å². The summed E-state index contributed by atoms with van der Waals surface area (Å²) in [5.41, 5.74) is 4.89. The number of carboxylic acids is 1. The highest BCUT2D eigenvalue weighted by molar-refractivity contribution is 5.84. The van der Waals surface area contributed by atoms with E-state index in [4.69, 9.17) is 4.74 Å². The predicted octanol–water partition coefficient (Wildman–Crippen LogP) is 5.91. The molecule has 0 aliphatic carbocycles. The Morgan fingerprint density at radius 2 is 1.81 bits per heavy atom. The molecule has 1 aliphatic rings. The highest BCUT2D eigenvalue weighted by atomic mass is 19.1. The molecule has 0 bridgehead atoms. The van der Waals surface area contributed by atoms with Crippen molar-refractivity contribution in [2.45, 2.75) is 53.4 Å². The van der Waals surface area contributed by atoms with Gasteiger partial charge in [-0.05, 0) is 55.4 Å². The zero-order valence-electron chi connectivity index (χ0n) is 21.8. The van der Waals surface area contributed by atoms with Gasteiger partial charge in [-0.1, -0.05) is 26.0 Å². The maximum absolute atomic E-state index is 15.1. The summed E-state index contributed by atoms with van der Waals surface area (Å²) in [6, 6.07) is 6.20. The van der Waals surface area contributed by atoms with Crippen molar-refractivity contribution in [2.24, 2.45) is 5.41 Å². The standard InChI is InChI=1S/C29H33F2N3O3/c1-18-13-20(5-6-24(18)30)7-12-37-28-25(31)14-21(16-33-28)23-17-32-19(2)22(15-26(35)36)27(23)34-10-8-29(3,4)9-11-34/h5-6,13-14,16-17H,7-12,15H2,1-4H3,(H,35,36). The van der Waals surface area contributed by atoms with E-state index in [0.717, 1.165) is 37.2 Å². The number of benzene rings is 1. The molecule has 37 heavy (non-hydrogen) atoms. The molecule has 1 N–H and O–H groups in total. The van der Waals surface area contributed by atoms with Crippen molar-refractivity contribution in [3.8, 4) is 17.0 Å². The number of nitrogens with zero attached hydrogens (tertiary/aromatic N) is 3. The average molecular weight is 510 g/mol. The Kier molecular flexibility index (Phi) is 7.76. The van der Waals surface area contributed by atoms with Gasteiger partial charge in [0.05, 0.1) is 18.7 Å². The molecule has 1 saturated heterocycles. The molecule has 2 aromatic heterocycles. The molecular formula is C29H33F2N3O3. The van der Waals surface area contributed by atoms with Gasteiger partial charge in [0.1, 0.15) is 5.82 Å². The molecule has 1 fully saturated rings. The van der Waals surface area contributed by atoms with Crippen LogP contribution in [0.15, 0.2) is 36.7 Å². The summed E-state index contributed by atoms with van der Waals surface area (Å²) >= 11 is 0. The molecule has 3 aromatic rings. The van der Waals surface area contributed by atoms with Crippen LogP contribution in [-0.2, 0) is 17.6 Å². The first-order valence-corrected chi connectivity index (χ1v) is 12.5. The fourth-order valence-corrected chi connectivity index (χ4v) is 4.71. The molecule has 0 saturated carbocycles. The Bertz CT molecular complexity index is 1300. The number of piperidine rings is 1. The summed E-state index contributed by atoms with van der Waals surface area (Å²) in [5, 5.41) is 9.58. The molecule has 0 radical (unpaired) electrons. The zero-order chi connectivity index (χ0) is 26.7. The summed E-state index contributed by atoms with van der Waals surface area (Å²) in [4.78, 5) is 22.5. The molecule has 1 aliphatic heterocycles. The van der Waals surface area contributed by atoms with Crippen molar-refractivity contribution in [1.29, 1.82) is 0 Å². The van der Waals surface area contributed by atoms with E-state index in [2.05, 4.69) is 28.7 Å². The number of pyridine rings is 2. The van der Waals surface area contributed by atoms with Crippen molar-refractivity contribution < 1.29 is 23.4 Å². The van der Waals surface area contributed by atoms with Crippen LogP contribution in [0.2, 0.25) is 0 Å². The molecule has 6 nitrogen and oxygen atoms in total. The topological polar surface area (TPSA) is 75.5 Å². The lowest BCUT2D eigenvalue weighted by atomic mass is 9.82. The number of aliphatic carboxylic acids is 1. The number of carbonyl (C=O) groups is 1. The maximum Gasteiger partial charge on any atom is 0.307 e. The van der Waals surface area contributed by atoms with Crippen LogP contribution in [0.1, 0.15) is 49.1 Å². The lowest BCUT2D eigenvalue weighted by Crippen LogP contribution is -2.38. The summed E-state index contributed by atoms with van der Waals surface area (Å²) < 4.78 is 34.1. The second-order valence-corrected chi connectivity index (χ2v) is 10.5. The molecule has 3 heterocycles. The number of hydrogen-bond acceptors (Lipinski definition) is 5. The highest BCUT2D eigenvalue weighted by Crippen LogP contribution is 2.40. The molecule has 0 spiro atoms. The van der Waals surface area contributed by atoms with Crippen LogP contribution in [0.3, 0.4) is 0 Å². The van der Waals surface area contributed by atoms with Gasteiger partial charge >= 0.3 is 5.97 Å². The molecule has 4 rings (SSSR count). The van der Waals surface area contributed by atoms with Crippen LogP contribution in [-0.4, -0.2) is 40.7 Å². The zero-order valence-corrected chi connectivity index (χ0v) is 21.8. The smallest absolute Gasteiger partial charge is 0.307 e. The SMILES string of the molecule is Cc1cc(CCOc2ncc(-c3cnc(C)c(CC(=O)O)c3N3CCC(C)(C)CC3)cc2F)ccc1F. The number of aryl methyl sites for hydroxylation is 2. The van der Waals surface area contributed by atoms with Gasteiger partial charge < -0.3 is 14.7 Å². The normalized spacial score (nSPS) is 15.0. The Hall–Kier alpha value is -3.55. The maximum atomic E-state index is 15.1. The lowest BCUT2D eigenvalue weighted by molar-refractivity contribution is -0.136. The minimum atomic E-state index is -0.940. The first-order valence-electron chi connectivity index (χ1n) is 12.5. The van der Waals surface area contributed by atoms with Gasteiger partial charge in [-0.2, -0.15) is 0 Å². The number of hydrogen-bond donors (Lipinski definition) is 1. The third-order valence-corrected chi connectivity index (χ3v) is 7.10. The van der Waals surface area contributed by atoms with Gasteiger partial charge in [-0.15, -0.1) is 0 Å². The van der Waals surface area contributed by atoms with Crippen LogP contribution >= 0.6 is 0 Å². The number of ether oxygens (including phenoxy) is 1. The fourth-order valence-electron chi connectivity index (χ4n) is 4.71. The molecule has 0 atom stereocenters. The fraction of sp³-hybridized carbons (Fsp3) is 0.414. The molecule has 0 amide bonds. The molecule has 8 heteroatoms. The van der Waals surface area contributed by atoms with E-state index in [-0.39, 0.29) is 30.1 Å². The van der Waals surface area contributed by atoms with Gasteiger partial charge in [0.2, 0.25) is 5.88 Å². The number of aromatic nitrogens is 2. The highest BCUT2D eigenvalue weighted by Gasteiger charge is 2.29. The second-order valence-electron chi connectivity index (χ2n) is 10.5. The van der Waals surface area contributed by atoms with E-state index < -0.39 is 11.8 Å². The van der Waals surface area contributed by atoms with E-state index in [9.17, 15) is 14.3 Å². The molecule has 196 valence electrons. The van der Waals surface area contributed by atoms with Crippen LogP contribution in [0.4, 0.5) is 14.5 Å². The van der Waals surface area contributed by atoms with E-state index in [1.165, 1.54) is 18.3 Å². The third-order valence-electron chi connectivity index (χ3n) is 7.10. The molecule has 1 aromatic carbocycles. The molecule has 0 unspecified atom stereocenters. The van der Waals surface area contributed by atoms with Gasteiger partial charge in [0.25, 0.3) is 0 Å². The Morgan fingerprint density at radius 1 is 1.08 bits per heavy atom. The minimum absolute atomic E-state index is 0.116. The largest absolute Gasteiger partial charge is 0.481 e. The number of anilines is 1. The Morgan fingerprint density at radius 3 is 2.46 bits per heavy atom. The van der Waals surface area contributed by atoms with E-state index in [0.29, 0.717) is 34.4 Å². The van der Waals surface area contributed by atoms with Gasteiger partial charge in [-0.3, -0.25) is 9.78 Å². The number of rotatable bonds is 8.